The van der Waals surface area contributed by atoms with Crippen LogP contribution in [0.3, 0.4) is 0 Å². The van der Waals surface area contributed by atoms with Gasteiger partial charge in [0, 0.05) is 17.8 Å². The maximum atomic E-state index is 11.9. The van der Waals surface area contributed by atoms with Crippen molar-refractivity contribution in [3.63, 3.8) is 0 Å². The number of amides is 1. The van der Waals surface area contributed by atoms with Gasteiger partial charge in [-0.3, -0.25) is 4.79 Å². The van der Waals surface area contributed by atoms with Crippen molar-refractivity contribution >= 4 is 21.8 Å². The van der Waals surface area contributed by atoms with E-state index in [1.54, 1.807) is 0 Å². The van der Waals surface area contributed by atoms with Crippen molar-refractivity contribution in [2.45, 2.75) is 64.6 Å². The standard InChI is InChI=1S/C15H28BrNO/c1-11(15(2,3)4)9-14(18)17-10-12-5-7-13(16)8-6-12/h11-13H,5-10H2,1-4H3,(H,17,18). The second-order valence-electron chi connectivity index (χ2n) is 6.89. The molecule has 1 unspecified atom stereocenters. The summed E-state index contributed by atoms with van der Waals surface area (Å²) in [6, 6.07) is 0. The lowest BCUT2D eigenvalue weighted by atomic mass is 9.80. The Morgan fingerprint density at radius 3 is 2.33 bits per heavy atom. The molecule has 0 aliphatic heterocycles. The number of rotatable bonds is 4. The molecule has 1 saturated carbocycles. The predicted octanol–water partition coefficient (Wildman–Crippen LogP) is 4.13. The molecule has 106 valence electrons. The minimum Gasteiger partial charge on any atom is -0.356 e. The smallest absolute Gasteiger partial charge is 0.220 e. The molecule has 2 nitrogen and oxygen atoms in total. The number of hydrogen-bond acceptors (Lipinski definition) is 1. The van der Waals surface area contributed by atoms with Crippen LogP contribution in [0.25, 0.3) is 0 Å². The van der Waals surface area contributed by atoms with Crippen molar-refractivity contribution in [1.82, 2.24) is 5.32 Å². The highest BCUT2D eigenvalue weighted by Gasteiger charge is 2.23. The van der Waals surface area contributed by atoms with Crippen LogP contribution in [-0.2, 0) is 4.79 Å². The van der Waals surface area contributed by atoms with Gasteiger partial charge in [0.25, 0.3) is 0 Å². The van der Waals surface area contributed by atoms with Gasteiger partial charge in [-0.25, -0.2) is 0 Å². The van der Waals surface area contributed by atoms with Crippen LogP contribution < -0.4 is 5.32 Å². The van der Waals surface area contributed by atoms with Crippen LogP contribution in [0.15, 0.2) is 0 Å². The van der Waals surface area contributed by atoms with E-state index in [2.05, 4.69) is 48.9 Å². The molecule has 1 rings (SSSR count). The van der Waals surface area contributed by atoms with Crippen molar-refractivity contribution in [2.24, 2.45) is 17.3 Å². The number of carbonyl (C=O) groups is 1. The lowest BCUT2D eigenvalue weighted by molar-refractivity contribution is -0.122. The molecule has 0 bridgehead atoms. The van der Waals surface area contributed by atoms with Crippen LogP contribution in [-0.4, -0.2) is 17.3 Å². The first-order valence-electron chi connectivity index (χ1n) is 7.19. The van der Waals surface area contributed by atoms with Crippen molar-refractivity contribution < 1.29 is 4.79 Å². The zero-order valence-corrected chi connectivity index (χ0v) is 13.8. The van der Waals surface area contributed by atoms with Gasteiger partial charge in [-0.2, -0.15) is 0 Å². The Morgan fingerprint density at radius 1 is 1.28 bits per heavy atom. The Hall–Kier alpha value is -0.0500. The molecule has 1 aliphatic carbocycles. The zero-order chi connectivity index (χ0) is 13.8. The summed E-state index contributed by atoms with van der Waals surface area (Å²) >= 11 is 3.66. The highest BCUT2D eigenvalue weighted by molar-refractivity contribution is 9.09. The number of hydrogen-bond donors (Lipinski definition) is 1. The topological polar surface area (TPSA) is 29.1 Å². The number of carbonyl (C=O) groups excluding carboxylic acids is 1. The summed E-state index contributed by atoms with van der Waals surface area (Å²) in [6.07, 6.45) is 5.63. The largest absolute Gasteiger partial charge is 0.356 e. The average molecular weight is 318 g/mol. The van der Waals surface area contributed by atoms with E-state index >= 15 is 0 Å². The molecule has 0 aromatic heterocycles. The number of halogens is 1. The predicted molar refractivity (Wildman–Crippen MR) is 80.9 cm³/mol. The van der Waals surface area contributed by atoms with E-state index in [1.165, 1.54) is 25.7 Å². The fourth-order valence-electron chi connectivity index (χ4n) is 2.24. The maximum absolute atomic E-state index is 11.9. The van der Waals surface area contributed by atoms with Crippen molar-refractivity contribution in [3.05, 3.63) is 0 Å². The van der Waals surface area contributed by atoms with Gasteiger partial charge < -0.3 is 5.32 Å². The van der Waals surface area contributed by atoms with Gasteiger partial charge in [-0.1, -0.05) is 43.6 Å². The van der Waals surface area contributed by atoms with Gasteiger partial charge in [0.2, 0.25) is 5.91 Å². The third-order valence-electron chi connectivity index (χ3n) is 4.33. The van der Waals surface area contributed by atoms with Gasteiger partial charge in [-0.15, -0.1) is 0 Å². The molecule has 1 aliphatic rings. The van der Waals surface area contributed by atoms with E-state index in [0.29, 0.717) is 23.1 Å². The molecule has 0 aromatic carbocycles. The maximum Gasteiger partial charge on any atom is 0.220 e. The van der Waals surface area contributed by atoms with E-state index in [0.717, 1.165) is 6.54 Å². The minimum atomic E-state index is 0.214. The number of nitrogens with one attached hydrogen (secondary N) is 1. The van der Waals surface area contributed by atoms with Gasteiger partial charge in [-0.05, 0) is 42.9 Å². The fourth-order valence-corrected chi connectivity index (χ4v) is 2.77. The molecular weight excluding hydrogens is 290 g/mol. The van der Waals surface area contributed by atoms with Crippen molar-refractivity contribution in [2.75, 3.05) is 6.54 Å². The second kappa shape index (κ2) is 6.93. The molecule has 3 heteroatoms. The average Bonchev–Trinajstić information content (AvgIpc) is 2.27. The number of alkyl halides is 1. The monoisotopic (exact) mass is 317 g/mol. The Labute approximate surface area is 120 Å². The quantitative estimate of drug-likeness (QED) is 0.776. The van der Waals surface area contributed by atoms with Gasteiger partial charge >= 0.3 is 0 Å². The molecule has 0 radical (unpaired) electrons. The Kier molecular flexibility index (Phi) is 6.16. The normalized spacial score (nSPS) is 26.7. The summed E-state index contributed by atoms with van der Waals surface area (Å²) in [6.45, 7) is 9.62. The van der Waals surface area contributed by atoms with Crippen LogP contribution in [0.2, 0.25) is 0 Å². The summed E-state index contributed by atoms with van der Waals surface area (Å²) in [5, 5.41) is 3.12. The molecule has 0 spiro atoms. The summed E-state index contributed by atoms with van der Waals surface area (Å²) < 4.78 is 0. The van der Waals surface area contributed by atoms with Gasteiger partial charge in [0.1, 0.15) is 0 Å². The molecular formula is C15H28BrNO. The van der Waals surface area contributed by atoms with Gasteiger partial charge in [0.15, 0.2) is 0 Å². The third-order valence-corrected chi connectivity index (χ3v) is 5.25. The fraction of sp³-hybridized carbons (Fsp3) is 0.933. The van der Waals surface area contributed by atoms with E-state index in [1.807, 2.05) is 0 Å². The van der Waals surface area contributed by atoms with Gasteiger partial charge in [0.05, 0.1) is 0 Å². The first-order chi connectivity index (χ1) is 8.29. The first-order valence-corrected chi connectivity index (χ1v) is 8.11. The Balaban J connectivity index is 2.21. The summed E-state index contributed by atoms with van der Waals surface area (Å²) in [5.74, 6) is 1.34. The molecule has 1 N–H and O–H groups in total. The molecule has 0 saturated heterocycles. The van der Waals surface area contributed by atoms with E-state index < -0.39 is 0 Å². The van der Waals surface area contributed by atoms with E-state index in [-0.39, 0.29) is 11.3 Å². The molecule has 0 aromatic rings. The highest BCUT2D eigenvalue weighted by Crippen LogP contribution is 2.29. The van der Waals surface area contributed by atoms with E-state index in [4.69, 9.17) is 0 Å². The molecule has 1 atom stereocenters. The molecule has 1 fully saturated rings. The first kappa shape index (κ1) is 16.0. The van der Waals surface area contributed by atoms with Crippen LogP contribution in [0.4, 0.5) is 0 Å². The lowest BCUT2D eigenvalue weighted by Gasteiger charge is -2.28. The van der Waals surface area contributed by atoms with E-state index in [9.17, 15) is 4.79 Å². The third kappa shape index (κ3) is 5.73. The molecule has 18 heavy (non-hydrogen) atoms. The molecule has 0 heterocycles. The second-order valence-corrected chi connectivity index (χ2v) is 8.19. The summed E-state index contributed by atoms with van der Waals surface area (Å²) in [7, 11) is 0. The zero-order valence-electron chi connectivity index (χ0n) is 12.3. The molecule has 1 amide bonds. The Morgan fingerprint density at radius 2 is 1.83 bits per heavy atom. The van der Waals surface area contributed by atoms with Crippen LogP contribution >= 0.6 is 15.9 Å². The minimum absolute atomic E-state index is 0.214. The Bertz CT molecular complexity index is 264. The highest BCUT2D eigenvalue weighted by atomic mass is 79.9. The van der Waals surface area contributed by atoms with Crippen LogP contribution in [0.5, 0.6) is 0 Å². The lowest BCUT2D eigenvalue weighted by Crippen LogP contribution is -2.33. The van der Waals surface area contributed by atoms with Crippen molar-refractivity contribution in [3.8, 4) is 0 Å². The summed E-state index contributed by atoms with van der Waals surface area (Å²) in [4.78, 5) is 12.6. The SMILES string of the molecule is CC(CC(=O)NCC1CCC(Br)CC1)C(C)(C)C. The van der Waals surface area contributed by atoms with Crippen molar-refractivity contribution in [1.29, 1.82) is 0 Å². The van der Waals surface area contributed by atoms with Crippen LogP contribution in [0.1, 0.15) is 59.8 Å². The van der Waals surface area contributed by atoms with Crippen LogP contribution in [0, 0.1) is 17.3 Å². The summed E-state index contributed by atoms with van der Waals surface area (Å²) in [5.41, 5.74) is 0.214.